The minimum absolute atomic E-state index is 0.0962. The van der Waals surface area contributed by atoms with Crippen molar-refractivity contribution in [3.63, 3.8) is 0 Å². The molecule has 1 aromatic carbocycles. The molecule has 3 rings (SSSR count). The highest BCUT2D eigenvalue weighted by atomic mass is 127. The van der Waals surface area contributed by atoms with E-state index >= 15 is 0 Å². The van der Waals surface area contributed by atoms with E-state index in [1.54, 1.807) is 0 Å². The zero-order chi connectivity index (χ0) is 14.2. The Kier molecular flexibility index (Phi) is 3.70. The molecule has 0 bridgehead atoms. The lowest BCUT2D eigenvalue weighted by Crippen LogP contribution is -2.44. The third kappa shape index (κ3) is 2.68. The Balaban J connectivity index is 1.66. The Labute approximate surface area is 132 Å². The highest BCUT2D eigenvalue weighted by Crippen LogP contribution is 2.37. The molecular weight excluding hydrogens is 367 g/mol. The summed E-state index contributed by atoms with van der Waals surface area (Å²) < 4.78 is 1.08. The molecule has 106 valence electrons. The molecule has 2 aliphatic heterocycles. The van der Waals surface area contributed by atoms with Crippen molar-refractivity contribution < 1.29 is 9.59 Å². The van der Waals surface area contributed by atoms with Gasteiger partial charge in [0.1, 0.15) is 0 Å². The van der Waals surface area contributed by atoms with Gasteiger partial charge in [-0.1, -0.05) is 6.07 Å². The number of piperidine rings is 1. The third-order valence-corrected chi connectivity index (χ3v) is 5.05. The number of nitrogens with zero attached hydrogens (tertiary/aromatic N) is 1. The van der Waals surface area contributed by atoms with Gasteiger partial charge in [0.25, 0.3) is 5.91 Å². The van der Waals surface area contributed by atoms with Crippen LogP contribution in [0.5, 0.6) is 0 Å². The van der Waals surface area contributed by atoms with Crippen molar-refractivity contribution in [2.45, 2.75) is 19.3 Å². The summed E-state index contributed by atoms with van der Waals surface area (Å²) in [5, 5.41) is 2.92. The van der Waals surface area contributed by atoms with Crippen LogP contribution in [0.25, 0.3) is 0 Å². The van der Waals surface area contributed by atoms with Gasteiger partial charge < -0.3 is 10.2 Å². The molecule has 20 heavy (non-hydrogen) atoms. The first-order chi connectivity index (χ1) is 9.58. The molecule has 0 radical (unpaired) electrons. The monoisotopic (exact) mass is 384 g/mol. The Morgan fingerprint density at radius 3 is 2.65 bits per heavy atom. The highest BCUT2D eigenvalue weighted by molar-refractivity contribution is 14.1. The molecule has 1 aromatic rings. The number of likely N-dealkylation sites (tertiary alicyclic amines) is 1. The van der Waals surface area contributed by atoms with Crippen LogP contribution in [0.15, 0.2) is 24.3 Å². The summed E-state index contributed by atoms with van der Waals surface area (Å²) in [5.41, 5.74) is 0.854. The second kappa shape index (κ2) is 5.35. The number of benzene rings is 1. The van der Waals surface area contributed by atoms with Gasteiger partial charge in [-0.25, -0.2) is 0 Å². The maximum Gasteiger partial charge on any atom is 0.253 e. The zero-order valence-electron chi connectivity index (χ0n) is 11.2. The largest absolute Gasteiger partial charge is 0.356 e. The van der Waals surface area contributed by atoms with Crippen LogP contribution >= 0.6 is 22.6 Å². The van der Waals surface area contributed by atoms with Gasteiger partial charge in [-0.3, -0.25) is 9.59 Å². The molecule has 5 heteroatoms. The lowest BCUT2D eigenvalue weighted by molar-refractivity contribution is -0.119. The number of halogens is 1. The van der Waals surface area contributed by atoms with Crippen LogP contribution < -0.4 is 5.32 Å². The van der Waals surface area contributed by atoms with E-state index in [-0.39, 0.29) is 17.2 Å². The quantitative estimate of drug-likeness (QED) is 0.754. The topological polar surface area (TPSA) is 49.4 Å². The summed E-state index contributed by atoms with van der Waals surface area (Å²) in [6.07, 6.45) is 2.46. The fourth-order valence-corrected chi connectivity index (χ4v) is 3.64. The molecule has 2 saturated heterocycles. The predicted molar refractivity (Wildman–Crippen MR) is 84.4 cm³/mol. The van der Waals surface area contributed by atoms with Crippen LogP contribution in [0.2, 0.25) is 0 Å². The van der Waals surface area contributed by atoms with Gasteiger partial charge in [0.2, 0.25) is 5.91 Å². The molecule has 2 amide bonds. The number of amides is 2. The van der Waals surface area contributed by atoms with E-state index in [1.807, 2.05) is 29.2 Å². The molecule has 1 spiro atoms. The summed E-state index contributed by atoms with van der Waals surface area (Å²) in [4.78, 5) is 25.8. The lowest BCUT2D eigenvalue weighted by atomic mass is 9.77. The van der Waals surface area contributed by atoms with Crippen LogP contribution in [0.3, 0.4) is 0 Å². The molecule has 0 unspecified atom stereocenters. The van der Waals surface area contributed by atoms with E-state index < -0.39 is 0 Å². The van der Waals surface area contributed by atoms with Crippen LogP contribution in [0.4, 0.5) is 0 Å². The summed E-state index contributed by atoms with van der Waals surface area (Å²) in [6.45, 7) is 2.27. The number of hydrogen-bond donors (Lipinski definition) is 1. The molecule has 0 aromatic heterocycles. The minimum atomic E-state index is 0.0962. The molecule has 0 saturated carbocycles. The Hall–Kier alpha value is -1.11. The molecule has 0 atom stereocenters. The normalized spacial score (nSPS) is 21.1. The highest BCUT2D eigenvalue weighted by Gasteiger charge is 2.41. The molecular formula is C15H17IN2O2. The van der Waals surface area contributed by atoms with Crippen molar-refractivity contribution in [2.75, 3.05) is 19.6 Å². The van der Waals surface area contributed by atoms with Crippen molar-refractivity contribution in [2.24, 2.45) is 5.41 Å². The SMILES string of the molecule is O=C1CC2(CCN(C(=O)c3cccc(I)c3)CC2)CN1. The lowest BCUT2D eigenvalue weighted by Gasteiger charge is -2.38. The van der Waals surface area contributed by atoms with Crippen LogP contribution in [-0.2, 0) is 4.79 Å². The Morgan fingerprint density at radius 1 is 1.30 bits per heavy atom. The number of hydrogen-bond acceptors (Lipinski definition) is 2. The number of carbonyl (C=O) groups is 2. The van der Waals surface area contributed by atoms with Gasteiger partial charge in [0.15, 0.2) is 0 Å². The standard InChI is InChI=1S/C15H17IN2O2/c16-12-3-1-2-11(8-12)14(20)18-6-4-15(5-7-18)9-13(19)17-10-15/h1-3,8H,4-7,9-10H2,(H,17,19). The molecule has 4 nitrogen and oxygen atoms in total. The number of rotatable bonds is 1. The van der Waals surface area contributed by atoms with E-state index in [2.05, 4.69) is 27.9 Å². The fraction of sp³-hybridized carbons (Fsp3) is 0.467. The third-order valence-electron chi connectivity index (χ3n) is 4.38. The molecule has 2 fully saturated rings. The average molecular weight is 384 g/mol. The van der Waals surface area contributed by atoms with E-state index in [4.69, 9.17) is 0 Å². The van der Waals surface area contributed by atoms with Crippen LogP contribution in [0.1, 0.15) is 29.6 Å². The molecule has 1 N–H and O–H groups in total. The Bertz CT molecular complexity index is 551. The maximum atomic E-state index is 12.5. The maximum absolute atomic E-state index is 12.5. The minimum Gasteiger partial charge on any atom is -0.356 e. The van der Waals surface area contributed by atoms with Crippen molar-refractivity contribution >= 4 is 34.4 Å². The van der Waals surface area contributed by atoms with E-state index in [1.165, 1.54) is 0 Å². The second-order valence-electron chi connectivity index (χ2n) is 5.76. The summed E-state index contributed by atoms with van der Waals surface area (Å²) >= 11 is 2.22. The van der Waals surface area contributed by atoms with Gasteiger partial charge in [0, 0.05) is 35.2 Å². The first-order valence-electron chi connectivity index (χ1n) is 6.90. The van der Waals surface area contributed by atoms with E-state index in [0.717, 1.165) is 41.6 Å². The van der Waals surface area contributed by atoms with Gasteiger partial charge in [0.05, 0.1) is 0 Å². The Morgan fingerprint density at radius 2 is 2.05 bits per heavy atom. The van der Waals surface area contributed by atoms with Gasteiger partial charge in [-0.15, -0.1) is 0 Å². The van der Waals surface area contributed by atoms with E-state index in [9.17, 15) is 9.59 Å². The predicted octanol–water partition coefficient (Wildman–Crippen LogP) is 2.03. The van der Waals surface area contributed by atoms with Crippen molar-refractivity contribution in [1.82, 2.24) is 10.2 Å². The molecule has 0 aliphatic carbocycles. The first-order valence-corrected chi connectivity index (χ1v) is 7.97. The summed E-state index contributed by atoms with van der Waals surface area (Å²) in [7, 11) is 0. The van der Waals surface area contributed by atoms with Crippen molar-refractivity contribution in [3.8, 4) is 0 Å². The van der Waals surface area contributed by atoms with Crippen LogP contribution in [0, 0.1) is 8.99 Å². The van der Waals surface area contributed by atoms with Gasteiger partial charge >= 0.3 is 0 Å². The second-order valence-corrected chi connectivity index (χ2v) is 7.00. The van der Waals surface area contributed by atoms with E-state index in [0.29, 0.717) is 6.42 Å². The average Bonchev–Trinajstić information content (AvgIpc) is 2.80. The van der Waals surface area contributed by atoms with Crippen molar-refractivity contribution in [1.29, 1.82) is 0 Å². The molecule has 2 heterocycles. The smallest absolute Gasteiger partial charge is 0.253 e. The number of carbonyl (C=O) groups excluding carboxylic acids is 2. The van der Waals surface area contributed by atoms with Crippen molar-refractivity contribution in [3.05, 3.63) is 33.4 Å². The number of nitrogens with one attached hydrogen (secondary N) is 1. The first kappa shape index (κ1) is 13.9. The van der Waals surface area contributed by atoms with Gasteiger partial charge in [-0.05, 0) is 59.0 Å². The summed E-state index contributed by atoms with van der Waals surface area (Å²) in [5.74, 6) is 0.262. The molecule has 2 aliphatic rings. The van der Waals surface area contributed by atoms with Crippen LogP contribution in [-0.4, -0.2) is 36.3 Å². The van der Waals surface area contributed by atoms with Gasteiger partial charge in [-0.2, -0.15) is 0 Å². The summed E-state index contributed by atoms with van der Waals surface area (Å²) in [6, 6.07) is 7.70. The fourth-order valence-electron chi connectivity index (χ4n) is 3.09. The zero-order valence-corrected chi connectivity index (χ0v) is 13.4.